The van der Waals surface area contributed by atoms with E-state index in [-0.39, 0.29) is 6.54 Å². The summed E-state index contributed by atoms with van der Waals surface area (Å²) in [5.41, 5.74) is 3.42. The monoisotopic (exact) mass is 416 g/mol. The standard InChI is InChI=1S/C24H20N2O3S/c1-15-7-5-8-16(2)22(15)25-21(27)14-26-23(28)20(30-24(26)29)13-18-11-6-10-17-9-3-4-12-19(17)18/h3-13H,14H2,1-2H3,(H,25,27)/b20-13+. The molecule has 3 aromatic rings. The molecule has 30 heavy (non-hydrogen) atoms. The summed E-state index contributed by atoms with van der Waals surface area (Å²) in [4.78, 5) is 39.1. The number of nitrogens with one attached hydrogen (secondary N) is 1. The quantitative estimate of drug-likeness (QED) is 0.599. The van der Waals surface area contributed by atoms with Gasteiger partial charge in [-0.05, 0) is 59.1 Å². The second kappa shape index (κ2) is 8.16. The van der Waals surface area contributed by atoms with E-state index in [4.69, 9.17) is 0 Å². The predicted molar refractivity (Wildman–Crippen MR) is 121 cm³/mol. The summed E-state index contributed by atoms with van der Waals surface area (Å²) in [5.74, 6) is -0.851. The molecule has 3 aromatic carbocycles. The summed E-state index contributed by atoms with van der Waals surface area (Å²) < 4.78 is 0. The zero-order valence-electron chi connectivity index (χ0n) is 16.6. The van der Waals surface area contributed by atoms with Gasteiger partial charge in [-0.25, -0.2) is 0 Å². The second-order valence-corrected chi connectivity index (χ2v) is 8.14. The third-order valence-corrected chi connectivity index (χ3v) is 5.94. The molecule has 1 aliphatic rings. The molecule has 0 saturated carbocycles. The molecular weight excluding hydrogens is 396 g/mol. The summed E-state index contributed by atoms with van der Waals surface area (Å²) in [6.45, 7) is 3.48. The van der Waals surface area contributed by atoms with E-state index in [2.05, 4.69) is 5.32 Å². The van der Waals surface area contributed by atoms with Crippen molar-refractivity contribution in [3.8, 4) is 0 Å². The van der Waals surface area contributed by atoms with E-state index in [0.29, 0.717) is 10.6 Å². The van der Waals surface area contributed by atoms with E-state index in [1.807, 2.05) is 74.5 Å². The molecule has 1 saturated heterocycles. The summed E-state index contributed by atoms with van der Waals surface area (Å²) in [6.07, 6.45) is 1.72. The van der Waals surface area contributed by atoms with Crippen LogP contribution in [-0.4, -0.2) is 28.5 Å². The molecule has 0 bridgehead atoms. The van der Waals surface area contributed by atoms with Crippen LogP contribution in [0, 0.1) is 13.8 Å². The van der Waals surface area contributed by atoms with Crippen molar-refractivity contribution in [2.24, 2.45) is 0 Å². The Morgan fingerprint density at radius 1 is 0.967 bits per heavy atom. The number of anilines is 1. The SMILES string of the molecule is Cc1cccc(C)c1NC(=O)CN1C(=O)S/C(=C/c2cccc3ccccc23)C1=O. The Hall–Kier alpha value is -3.38. The lowest BCUT2D eigenvalue weighted by molar-refractivity contribution is -0.127. The lowest BCUT2D eigenvalue weighted by atomic mass is 10.0. The first-order valence-electron chi connectivity index (χ1n) is 9.53. The van der Waals surface area contributed by atoms with Gasteiger partial charge in [0.25, 0.3) is 11.1 Å². The minimum atomic E-state index is -0.449. The summed E-state index contributed by atoms with van der Waals surface area (Å²) in [7, 11) is 0. The van der Waals surface area contributed by atoms with Gasteiger partial charge in [-0.15, -0.1) is 0 Å². The van der Waals surface area contributed by atoms with Gasteiger partial charge in [0.2, 0.25) is 5.91 Å². The highest BCUT2D eigenvalue weighted by molar-refractivity contribution is 8.18. The van der Waals surface area contributed by atoms with Crippen LogP contribution in [0.1, 0.15) is 16.7 Å². The number of fused-ring (bicyclic) bond motifs is 1. The van der Waals surface area contributed by atoms with Crippen LogP contribution >= 0.6 is 11.8 Å². The molecule has 6 heteroatoms. The van der Waals surface area contributed by atoms with Crippen molar-refractivity contribution in [1.82, 2.24) is 4.90 Å². The van der Waals surface area contributed by atoms with Crippen molar-refractivity contribution in [3.05, 3.63) is 82.3 Å². The van der Waals surface area contributed by atoms with Crippen LogP contribution in [-0.2, 0) is 9.59 Å². The molecule has 0 aliphatic carbocycles. The van der Waals surface area contributed by atoms with Crippen molar-refractivity contribution in [2.45, 2.75) is 13.8 Å². The number of thioether (sulfide) groups is 1. The Morgan fingerprint density at radius 3 is 2.40 bits per heavy atom. The van der Waals surface area contributed by atoms with Crippen molar-refractivity contribution in [2.75, 3.05) is 11.9 Å². The number of para-hydroxylation sites is 1. The first-order valence-corrected chi connectivity index (χ1v) is 10.3. The number of carbonyl (C=O) groups excluding carboxylic acids is 3. The second-order valence-electron chi connectivity index (χ2n) is 7.15. The number of benzene rings is 3. The van der Waals surface area contributed by atoms with Crippen molar-refractivity contribution >= 4 is 51.4 Å². The van der Waals surface area contributed by atoms with Gasteiger partial charge < -0.3 is 5.32 Å². The zero-order chi connectivity index (χ0) is 21.3. The van der Waals surface area contributed by atoms with E-state index < -0.39 is 17.1 Å². The van der Waals surface area contributed by atoms with Gasteiger partial charge in [-0.3, -0.25) is 19.3 Å². The Balaban J connectivity index is 1.54. The fourth-order valence-corrected chi connectivity index (χ4v) is 4.32. The van der Waals surface area contributed by atoms with E-state index in [9.17, 15) is 14.4 Å². The number of aryl methyl sites for hydroxylation is 2. The molecule has 1 heterocycles. The van der Waals surface area contributed by atoms with Gasteiger partial charge in [0.1, 0.15) is 6.54 Å². The highest BCUT2D eigenvalue weighted by atomic mass is 32.2. The maximum atomic E-state index is 12.8. The van der Waals surface area contributed by atoms with Crippen LogP contribution in [0.25, 0.3) is 16.8 Å². The Morgan fingerprint density at radius 2 is 1.63 bits per heavy atom. The molecule has 1 N–H and O–H groups in total. The van der Waals surface area contributed by atoms with Crippen LogP contribution in [0.5, 0.6) is 0 Å². The van der Waals surface area contributed by atoms with E-state index in [0.717, 1.165) is 44.1 Å². The Labute approximate surface area is 178 Å². The molecular formula is C24H20N2O3S. The molecule has 5 nitrogen and oxygen atoms in total. The molecule has 1 aliphatic heterocycles. The lowest BCUT2D eigenvalue weighted by Gasteiger charge is -2.15. The maximum Gasteiger partial charge on any atom is 0.294 e. The van der Waals surface area contributed by atoms with E-state index in [1.54, 1.807) is 6.08 Å². The number of imide groups is 1. The molecule has 0 spiro atoms. The molecule has 0 unspecified atom stereocenters. The van der Waals surface area contributed by atoms with Gasteiger partial charge in [0.15, 0.2) is 0 Å². The molecule has 4 rings (SSSR count). The first-order chi connectivity index (χ1) is 14.4. The topological polar surface area (TPSA) is 66.5 Å². The number of hydrogen-bond acceptors (Lipinski definition) is 4. The summed E-state index contributed by atoms with van der Waals surface area (Å²) >= 11 is 0.858. The molecule has 1 fully saturated rings. The average molecular weight is 417 g/mol. The van der Waals surface area contributed by atoms with Crippen molar-refractivity contribution in [3.63, 3.8) is 0 Å². The highest BCUT2D eigenvalue weighted by Gasteiger charge is 2.36. The van der Waals surface area contributed by atoms with Crippen LogP contribution in [0.3, 0.4) is 0 Å². The third-order valence-electron chi connectivity index (χ3n) is 5.03. The zero-order valence-corrected chi connectivity index (χ0v) is 17.5. The Bertz CT molecular complexity index is 1190. The van der Waals surface area contributed by atoms with Gasteiger partial charge >= 0.3 is 0 Å². The van der Waals surface area contributed by atoms with Crippen LogP contribution in [0.15, 0.2) is 65.6 Å². The first kappa shape index (κ1) is 19.9. The van der Waals surface area contributed by atoms with Crippen LogP contribution in [0.2, 0.25) is 0 Å². The molecule has 150 valence electrons. The summed E-state index contributed by atoms with van der Waals surface area (Å²) in [6, 6.07) is 19.4. The van der Waals surface area contributed by atoms with E-state index >= 15 is 0 Å². The van der Waals surface area contributed by atoms with E-state index in [1.165, 1.54) is 0 Å². The number of amides is 3. The van der Waals surface area contributed by atoms with Crippen molar-refractivity contribution in [1.29, 1.82) is 0 Å². The minimum Gasteiger partial charge on any atom is -0.324 e. The largest absolute Gasteiger partial charge is 0.324 e. The van der Waals surface area contributed by atoms with Gasteiger partial charge in [0.05, 0.1) is 4.91 Å². The molecule has 3 amide bonds. The smallest absolute Gasteiger partial charge is 0.294 e. The number of hydrogen-bond donors (Lipinski definition) is 1. The number of rotatable bonds is 4. The highest BCUT2D eigenvalue weighted by Crippen LogP contribution is 2.33. The normalized spacial score (nSPS) is 15.3. The summed E-state index contributed by atoms with van der Waals surface area (Å²) in [5, 5.41) is 4.43. The Kier molecular flexibility index (Phi) is 5.42. The lowest BCUT2D eigenvalue weighted by Crippen LogP contribution is -2.36. The fraction of sp³-hybridized carbons (Fsp3) is 0.125. The molecule has 0 atom stereocenters. The minimum absolute atomic E-state index is 0.314. The molecule has 0 radical (unpaired) electrons. The maximum absolute atomic E-state index is 12.8. The fourth-order valence-electron chi connectivity index (χ4n) is 3.49. The number of nitrogens with zero attached hydrogens (tertiary/aromatic N) is 1. The van der Waals surface area contributed by atoms with Gasteiger partial charge in [-0.2, -0.15) is 0 Å². The predicted octanol–water partition coefficient (Wildman–Crippen LogP) is 5.13. The van der Waals surface area contributed by atoms with Crippen LogP contribution < -0.4 is 5.32 Å². The van der Waals surface area contributed by atoms with Gasteiger partial charge in [0, 0.05) is 5.69 Å². The van der Waals surface area contributed by atoms with Crippen LogP contribution in [0.4, 0.5) is 10.5 Å². The average Bonchev–Trinajstić information content (AvgIpc) is 2.98. The third kappa shape index (κ3) is 3.86. The van der Waals surface area contributed by atoms with Crippen molar-refractivity contribution < 1.29 is 14.4 Å². The van der Waals surface area contributed by atoms with Gasteiger partial charge in [-0.1, -0.05) is 60.7 Å². The molecule has 0 aromatic heterocycles. The number of carbonyl (C=O) groups is 3.